The van der Waals surface area contributed by atoms with Crippen LogP contribution in [0.15, 0.2) is 6.20 Å². The number of aromatic nitrogens is 2. The van der Waals surface area contributed by atoms with Crippen LogP contribution < -0.4 is 0 Å². The molecule has 0 saturated heterocycles. The number of carbonyl (C=O) groups is 1. The van der Waals surface area contributed by atoms with Gasteiger partial charge in [-0.1, -0.05) is 0 Å². The Labute approximate surface area is 101 Å². The first kappa shape index (κ1) is 12.0. The molecule has 0 aliphatic carbocycles. The molecule has 0 aromatic carbocycles. The number of ether oxygens (including phenoxy) is 1. The van der Waals surface area contributed by atoms with E-state index in [0.29, 0.717) is 6.54 Å². The molecule has 94 valence electrons. The Morgan fingerprint density at radius 3 is 2.94 bits per heavy atom. The van der Waals surface area contributed by atoms with Crippen LogP contribution in [0.4, 0.5) is 4.79 Å². The maximum atomic E-state index is 12.0. The summed E-state index contributed by atoms with van der Waals surface area (Å²) < 4.78 is 5.40. The van der Waals surface area contributed by atoms with Crippen LogP contribution in [0.25, 0.3) is 0 Å². The first-order valence-electron chi connectivity index (χ1n) is 5.88. The van der Waals surface area contributed by atoms with Crippen molar-refractivity contribution in [2.75, 3.05) is 0 Å². The Balaban J connectivity index is 2.10. The lowest BCUT2D eigenvalue weighted by atomic mass is 10.0. The van der Waals surface area contributed by atoms with E-state index in [-0.39, 0.29) is 12.1 Å². The predicted molar refractivity (Wildman–Crippen MR) is 63.5 cm³/mol. The highest BCUT2D eigenvalue weighted by molar-refractivity contribution is 5.69. The number of nitrogens with one attached hydrogen (secondary N) is 1. The van der Waals surface area contributed by atoms with E-state index in [9.17, 15) is 4.79 Å². The second kappa shape index (κ2) is 4.05. The van der Waals surface area contributed by atoms with E-state index < -0.39 is 5.60 Å². The van der Waals surface area contributed by atoms with E-state index >= 15 is 0 Å². The molecule has 2 heterocycles. The van der Waals surface area contributed by atoms with Crippen molar-refractivity contribution in [3.8, 4) is 0 Å². The Kier molecular flexibility index (Phi) is 2.85. The van der Waals surface area contributed by atoms with Gasteiger partial charge in [-0.05, 0) is 27.7 Å². The Hall–Kier alpha value is -1.52. The number of hydrogen-bond acceptors (Lipinski definition) is 3. The van der Waals surface area contributed by atoms with Crippen molar-refractivity contribution in [2.45, 2.75) is 52.3 Å². The normalized spacial score (nSPS) is 20.0. The van der Waals surface area contributed by atoms with Gasteiger partial charge in [0.25, 0.3) is 0 Å². The molecule has 1 atom stereocenters. The van der Waals surface area contributed by atoms with Crippen molar-refractivity contribution in [2.24, 2.45) is 0 Å². The zero-order chi connectivity index (χ0) is 12.6. The average molecular weight is 237 g/mol. The summed E-state index contributed by atoms with van der Waals surface area (Å²) in [7, 11) is 0. The summed E-state index contributed by atoms with van der Waals surface area (Å²) in [6.45, 7) is 8.22. The topological polar surface area (TPSA) is 58.2 Å². The first-order chi connectivity index (χ1) is 7.87. The van der Waals surface area contributed by atoms with Gasteiger partial charge < -0.3 is 9.64 Å². The number of nitrogens with zero attached hydrogens (tertiary/aromatic N) is 2. The fraction of sp³-hybridized carbons (Fsp3) is 0.667. The molecule has 1 unspecified atom stereocenters. The monoisotopic (exact) mass is 237 g/mol. The lowest BCUT2D eigenvalue weighted by molar-refractivity contribution is 0.0137. The third kappa shape index (κ3) is 2.60. The number of amides is 1. The molecule has 5 nitrogen and oxygen atoms in total. The van der Waals surface area contributed by atoms with Gasteiger partial charge in [0.05, 0.1) is 12.2 Å². The number of carbonyl (C=O) groups excluding carboxylic acids is 1. The minimum absolute atomic E-state index is 0.126. The zero-order valence-corrected chi connectivity index (χ0v) is 10.8. The molecule has 0 fully saturated rings. The van der Waals surface area contributed by atoms with Gasteiger partial charge in [0, 0.05) is 24.2 Å². The van der Waals surface area contributed by atoms with Crippen molar-refractivity contribution in [1.82, 2.24) is 15.1 Å². The molecule has 1 aliphatic heterocycles. The smallest absolute Gasteiger partial charge is 0.410 e. The summed E-state index contributed by atoms with van der Waals surface area (Å²) in [6, 6.07) is 0.126. The van der Waals surface area contributed by atoms with Crippen LogP contribution in [0.1, 0.15) is 39.0 Å². The summed E-state index contributed by atoms with van der Waals surface area (Å²) in [5, 5.41) is 7.01. The molecule has 1 aromatic heterocycles. The lowest BCUT2D eigenvalue weighted by Gasteiger charge is -2.34. The highest BCUT2D eigenvalue weighted by atomic mass is 16.6. The number of H-pyrrole nitrogens is 1. The van der Waals surface area contributed by atoms with Gasteiger partial charge in [0.1, 0.15) is 5.60 Å². The molecule has 17 heavy (non-hydrogen) atoms. The van der Waals surface area contributed by atoms with Crippen LogP contribution in [0.3, 0.4) is 0 Å². The standard InChI is InChI=1S/C12H19N3O2/c1-8-5-10-9(6-13-14-10)7-15(8)11(16)17-12(2,3)4/h6,8H,5,7H2,1-4H3,(H,13,14). The van der Waals surface area contributed by atoms with Gasteiger partial charge in [-0.25, -0.2) is 4.79 Å². The molecule has 2 rings (SSSR count). The van der Waals surface area contributed by atoms with E-state index in [1.54, 1.807) is 4.90 Å². The molecule has 0 bridgehead atoms. The van der Waals surface area contributed by atoms with Crippen LogP contribution in [-0.2, 0) is 17.7 Å². The minimum Gasteiger partial charge on any atom is -0.444 e. The van der Waals surface area contributed by atoms with E-state index in [1.807, 2.05) is 33.9 Å². The van der Waals surface area contributed by atoms with Crippen LogP contribution in [0.5, 0.6) is 0 Å². The molecule has 0 saturated carbocycles. The van der Waals surface area contributed by atoms with E-state index in [2.05, 4.69) is 10.2 Å². The van der Waals surface area contributed by atoms with Crippen molar-refractivity contribution in [1.29, 1.82) is 0 Å². The molecule has 5 heteroatoms. The quantitative estimate of drug-likeness (QED) is 0.751. The number of hydrogen-bond donors (Lipinski definition) is 1. The van der Waals surface area contributed by atoms with Crippen LogP contribution in [0, 0.1) is 0 Å². The third-order valence-electron chi connectivity index (χ3n) is 2.80. The highest BCUT2D eigenvalue weighted by Gasteiger charge is 2.31. The minimum atomic E-state index is -0.451. The molecular formula is C12H19N3O2. The van der Waals surface area contributed by atoms with Crippen molar-refractivity contribution in [3.05, 3.63) is 17.5 Å². The molecule has 0 spiro atoms. The Bertz CT molecular complexity index is 420. The zero-order valence-electron chi connectivity index (χ0n) is 10.8. The fourth-order valence-corrected chi connectivity index (χ4v) is 1.95. The Morgan fingerprint density at radius 2 is 2.29 bits per heavy atom. The molecular weight excluding hydrogens is 218 g/mol. The summed E-state index contributed by atoms with van der Waals surface area (Å²) in [5.41, 5.74) is 1.68. The SMILES string of the molecule is CC1Cc2n[nH]cc2CN1C(=O)OC(C)(C)C. The van der Waals surface area contributed by atoms with Crippen molar-refractivity contribution < 1.29 is 9.53 Å². The van der Waals surface area contributed by atoms with Gasteiger partial charge >= 0.3 is 6.09 Å². The van der Waals surface area contributed by atoms with Gasteiger partial charge in [0.2, 0.25) is 0 Å². The van der Waals surface area contributed by atoms with E-state index in [1.165, 1.54) is 0 Å². The number of rotatable bonds is 0. The second-order valence-electron chi connectivity index (χ2n) is 5.52. The summed E-state index contributed by atoms with van der Waals surface area (Å²) in [5.74, 6) is 0. The van der Waals surface area contributed by atoms with Crippen LogP contribution >= 0.6 is 0 Å². The van der Waals surface area contributed by atoms with E-state index in [0.717, 1.165) is 17.7 Å². The van der Waals surface area contributed by atoms with Gasteiger partial charge in [-0.15, -0.1) is 0 Å². The summed E-state index contributed by atoms with van der Waals surface area (Å²) >= 11 is 0. The third-order valence-corrected chi connectivity index (χ3v) is 2.80. The molecule has 0 radical (unpaired) electrons. The van der Waals surface area contributed by atoms with Gasteiger partial charge in [-0.2, -0.15) is 5.10 Å². The Morgan fingerprint density at radius 1 is 1.59 bits per heavy atom. The predicted octanol–water partition coefficient (Wildman–Crippen LogP) is 2.09. The molecule has 1 aromatic rings. The molecule has 1 aliphatic rings. The highest BCUT2D eigenvalue weighted by Crippen LogP contribution is 2.23. The van der Waals surface area contributed by atoms with Crippen molar-refractivity contribution >= 4 is 6.09 Å². The lowest BCUT2D eigenvalue weighted by Crippen LogP contribution is -2.44. The average Bonchev–Trinajstić information content (AvgIpc) is 2.60. The molecule has 1 amide bonds. The first-order valence-corrected chi connectivity index (χ1v) is 5.88. The maximum Gasteiger partial charge on any atom is 0.410 e. The summed E-state index contributed by atoms with van der Waals surface area (Å²) in [4.78, 5) is 13.8. The van der Waals surface area contributed by atoms with Crippen LogP contribution in [0.2, 0.25) is 0 Å². The number of aromatic amines is 1. The summed E-state index contributed by atoms with van der Waals surface area (Å²) in [6.07, 6.45) is 2.37. The molecule has 1 N–H and O–H groups in total. The van der Waals surface area contributed by atoms with Gasteiger partial charge in [0.15, 0.2) is 0 Å². The second-order valence-corrected chi connectivity index (χ2v) is 5.52. The van der Waals surface area contributed by atoms with Gasteiger partial charge in [-0.3, -0.25) is 5.10 Å². The van der Waals surface area contributed by atoms with E-state index in [4.69, 9.17) is 4.74 Å². The largest absolute Gasteiger partial charge is 0.444 e. The maximum absolute atomic E-state index is 12.0. The fourth-order valence-electron chi connectivity index (χ4n) is 1.95. The van der Waals surface area contributed by atoms with Crippen molar-refractivity contribution in [3.63, 3.8) is 0 Å². The number of fused-ring (bicyclic) bond motifs is 1. The van der Waals surface area contributed by atoms with Crippen LogP contribution in [-0.4, -0.2) is 32.8 Å².